The molecule has 7 heteroatoms. The molecule has 0 aliphatic carbocycles. The Morgan fingerprint density at radius 3 is 2.70 bits per heavy atom. The van der Waals surface area contributed by atoms with E-state index in [0.29, 0.717) is 16.6 Å². The zero-order valence-corrected chi connectivity index (χ0v) is 14.0. The van der Waals surface area contributed by atoms with Crippen LogP contribution >= 0.6 is 0 Å². The van der Waals surface area contributed by atoms with Gasteiger partial charge in [-0.3, -0.25) is 0 Å². The lowest BCUT2D eigenvalue weighted by atomic mass is 10.2. The molecule has 0 radical (unpaired) electrons. The number of nitrogens with one attached hydrogen (secondary N) is 1. The second kappa shape index (κ2) is 7.97. The van der Waals surface area contributed by atoms with Crippen molar-refractivity contribution in [2.45, 2.75) is 0 Å². The molecule has 0 saturated carbocycles. The molecule has 0 fully saturated rings. The quantitative estimate of drug-likeness (QED) is 0.311. The van der Waals surface area contributed by atoms with Crippen molar-refractivity contribution < 1.29 is 19.0 Å². The minimum absolute atomic E-state index is 0.110. The van der Waals surface area contributed by atoms with Gasteiger partial charge in [-0.2, -0.15) is 5.26 Å². The van der Waals surface area contributed by atoms with Gasteiger partial charge in [0.25, 0.3) is 0 Å². The standard InChI is InChI=1S/C20H14FN3O3/c21-14-8-5-13(6-9-14)7-10-19(26)27-12-18(25)15(11-22)20-23-16-3-1-2-4-17(16)24-20/h1-10,25H,12H2,(H,23,24). The van der Waals surface area contributed by atoms with Crippen LogP contribution in [0.25, 0.3) is 22.7 Å². The number of halogens is 1. The van der Waals surface area contributed by atoms with Crippen LogP contribution in [0.3, 0.4) is 0 Å². The van der Waals surface area contributed by atoms with E-state index >= 15 is 0 Å². The number of nitrogens with zero attached hydrogens (tertiary/aromatic N) is 2. The number of allylic oxidation sites excluding steroid dienone is 1. The summed E-state index contributed by atoms with van der Waals surface area (Å²) < 4.78 is 17.8. The van der Waals surface area contributed by atoms with Crippen molar-refractivity contribution in [3.8, 4) is 6.07 Å². The number of ether oxygens (including phenoxy) is 1. The second-order valence-corrected chi connectivity index (χ2v) is 5.53. The van der Waals surface area contributed by atoms with Crippen molar-refractivity contribution in [1.29, 1.82) is 5.26 Å². The van der Waals surface area contributed by atoms with Gasteiger partial charge in [-0.15, -0.1) is 0 Å². The van der Waals surface area contributed by atoms with E-state index in [1.807, 2.05) is 12.1 Å². The van der Waals surface area contributed by atoms with Crippen LogP contribution in [0.1, 0.15) is 11.4 Å². The van der Waals surface area contributed by atoms with Gasteiger partial charge in [0.05, 0.1) is 11.0 Å². The summed E-state index contributed by atoms with van der Waals surface area (Å²) in [5, 5.41) is 19.4. The van der Waals surface area contributed by atoms with Crippen LogP contribution < -0.4 is 0 Å². The van der Waals surface area contributed by atoms with Crippen LogP contribution in [0, 0.1) is 17.1 Å². The molecule has 0 saturated heterocycles. The first-order chi connectivity index (χ1) is 13.1. The number of benzene rings is 2. The molecule has 3 aromatic rings. The molecule has 0 atom stereocenters. The van der Waals surface area contributed by atoms with Gasteiger partial charge in [0.1, 0.15) is 24.1 Å². The largest absolute Gasteiger partial charge is 0.507 e. The Morgan fingerprint density at radius 1 is 1.26 bits per heavy atom. The van der Waals surface area contributed by atoms with E-state index in [2.05, 4.69) is 9.97 Å². The van der Waals surface area contributed by atoms with Crippen LogP contribution in [-0.4, -0.2) is 27.7 Å². The number of nitriles is 1. The molecule has 0 aliphatic rings. The number of aliphatic hydroxyl groups excluding tert-OH is 1. The Kier molecular flexibility index (Phi) is 5.28. The summed E-state index contributed by atoms with van der Waals surface area (Å²) >= 11 is 0. The SMILES string of the molecule is N#CC(=C(O)COC(=O)C=Cc1ccc(F)cc1)c1nc2ccccc2[nH]1. The maximum absolute atomic E-state index is 12.8. The average Bonchev–Trinajstić information content (AvgIpc) is 3.10. The Labute approximate surface area is 153 Å². The number of aromatic nitrogens is 2. The zero-order chi connectivity index (χ0) is 19.2. The summed E-state index contributed by atoms with van der Waals surface area (Å²) in [5.41, 5.74) is 1.87. The van der Waals surface area contributed by atoms with Gasteiger partial charge >= 0.3 is 5.97 Å². The summed E-state index contributed by atoms with van der Waals surface area (Å²) in [6.07, 6.45) is 2.60. The fourth-order valence-corrected chi connectivity index (χ4v) is 2.32. The number of para-hydroxylation sites is 2. The zero-order valence-electron chi connectivity index (χ0n) is 14.0. The minimum atomic E-state index is -0.715. The first-order valence-corrected chi connectivity index (χ1v) is 7.94. The highest BCUT2D eigenvalue weighted by molar-refractivity contribution is 5.87. The molecule has 0 aliphatic heterocycles. The molecule has 2 aromatic carbocycles. The number of hydrogen-bond acceptors (Lipinski definition) is 5. The van der Waals surface area contributed by atoms with Crippen LogP contribution in [0.15, 0.2) is 60.4 Å². The third-order valence-corrected chi connectivity index (χ3v) is 3.66. The lowest BCUT2D eigenvalue weighted by Gasteiger charge is -2.03. The predicted molar refractivity (Wildman–Crippen MR) is 97.6 cm³/mol. The van der Waals surface area contributed by atoms with Crippen molar-refractivity contribution in [2.75, 3.05) is 6.61 Å². The van der Waals surface area contributed by atoms with E-state index in [1.165, 1.54) is 30.3 Å². The van der Waals surface area contributed by atoms with Crippen LogP contribution in [0.5, 0.6) is 0 Å². The summed E-state index contributed by atoms with van der Waals surface area (Å²) in [5.74, 6) is -1.32. The molecule has 0 bridgehead atoms. The van der Waals surface area contributed by atoms with Crippen LogP contribution in [0.4, 0.5) is 4.39 Å². The summed E-state index contributed by atoms with van der Waals surface area (Å²) in [4.78, 5) is 18.9. The number of aromatic amines is 1. The third kappa shape index (κ3) is 4.38. The number of carbonyl (C=O) groups is 1. The van der Waals surface area contributed by atoms with Gasteiger partial charge in [-0.1, -0.05) is 24.3 Å². The molecule has 0 spiro atoms. The third-order valence-electron chi connectivity index (χ3n) is 3.66. The van der Waals surface area contributed by atoms with Gasteiger partial charge in [-0.05, 0) is 35.9 Å². The summed E-state index contributed by atoms with van der Waals surface area (Å²) in [7, 11) is 0. The number of esters is 1. The van der Waals surface area contributed by atoms with Gasteiger partial charge in [0, 0.05) is 6.08 Å². The van der Waals surface area contributed by atoms with Crippen LogP contribution in [-0.2, 0) is 9.53 Å². The van der Waals surface area contributed by atoms with E-state index < -0.39 is 18.3 Å². The fraction of sp³-hybridized carbons (Fsp3) is 0.0500. The topological polar surface area (TPSA) is 99.0 Å². The summed E-state index contributed by atoms with van der Waals surface area (Å²) in [6.45, 7) is -0.480. The molecule has 3 rings (SSSR count). The Hall–Kier alpha value is -3.92. The van der Waals surface area contributed by atoms with E-state index in [0.717, 1.165) is 6.08 Å². The van der Waals surface area contributed by atoms with Gasteiger partial charge < -0.3 is 14.8 Å². The normalized spacial score (nSPS) is 12.0. The number of rotatable bonds is 5. The Bertz CT molecular complexity index is 1040. The van der Waals surface area contributed by atoms with Crippen LogP contribution in [0.2, 0.25) is 0 Å². The molecular formula is C20H14FN3O3. The van der Waals surface area contributed by atoms with Gasteiger partial charge in [-0.25, -0.2) is 14.2 Å². The lowest BCUT2D eigenvalue weighted by molar-refractivity contribution is -0.137. The molecule has 6 nitrogen and oxygen atoms in total. The number of fused-ring (bicyclic) bond motifs is 1. The number of hydrogen-bond donors (Lipinski definition) is 2. The highest BCUT2D eigenvalue weighted by Gasteiger charge is 2.14. The number of aliphatic hydroxyl groups is 1. The molecule has 2 N–H and O–H groups in total. The number of carbonyl (C=O) groups excluding carboxylic acids is 1. The maximum Gasteiger partial charge on any atom is 0.331 e. The highest BCUT2D eigenvalue weighted by Crippen LogP contribution is 2.18. The molecule has 1 aromatic heterocycles. The molecule has 0 amide bonds. The monoisotopic (exact) mass is 363 g/mol. The van der Waals surface area contributed by atoms with Crippen molar-refractivity contribution in [3.63, 3.8) is 0 Å². The smallest absolute Gasteiger partial charge is 0.331 e. The van der Waals surface area contributed by atoms with E-state index in [-0.39, 0.29) is 17.2 Å². The second-order valence-electron chi connectivity index (χ2n) is 5.53. The van der Waals surface area contributed by atoms with Crippen molar-refractivity contribution in [3.05, 3.63) is 77.6 Å². The molecular weight excluding hydrogens is 349 g/mol. The van der Waals surface area contributed by atoms with Gasteiger partial charge in [0.2, 0.25) is 0 Å². The Balaban J connectivity index is 1.68. The number of imidazole rings is 1. The molecule has 134 valence electrons. The highest BCUT2D eigenvalue weighted by atomic mass is 19.1. The van der Waals surface area contributed by atoms with Crippen molar-refractivity contribution >= 4 is 28.7 Å². The summed E-state index contributed by atoms with van der Waals surface area (Å²) in [6, 6.07) is 14.6. The van der Waals surface area contributed by atoms with E-state index in [1.54, 1.807) is 18.2 Å². The minimum Gasteiger partial charge on any atom is -0.507 e. The fourth-order valence-electron chi connectivity index (χ4n) is 2.32. The molecule has 1 heterocycles. The number of H-pyrrole nitrogens is 1. The lowest BCUT2D eigenvalue weighted by Crippen LogP contribution is -2.06. The Morgan fingerprint density at radius 2 is 2.00 bits per heavy atom. The average molecular weight is 363 g/mol. The molecule has 27 heavy (non-hydrogen) atoms. The maximum atomic E-state index is 12.8. The van der Waals surface area contributed by atoms with E-state index in [4.69, 9.17) is 4.74 Å². The predicted octanol–water partition coefficient (Wildman–Crippen LogP) is 3.75. The van der Waals surface area contributed by atoms with E-state index in [9.17, 15) is 19.6 Å². The van der Waals surface area contributed by atoms with Crippen molar-refractivity contribution in [1.82, 2.24) is 9.97 Å². The molecule has 0 unspecified atom stereocenters. The first-order valence-electron chi connectivity index (χ1n) is 7.94. The first kappa shape index (κ1) is 17.9. The van der Waals surface area contributed by atoms with Crippen molar-refractivity contribution in [2.24, 2.45) is 0 Å². The van der Waals surface area contributed by atoms with Gasteiger partial charge in [0.15, 0.2) is 11.6 Å².